The fraction of sp³-hybridized carbons (Fsp3) is 0.436. The van der Waals surface area contributed by atoms with Crippen LogP contribution in [0.15, 0.2) is 40.4 Å². The van der Waals surface area contributed by atoms with E-state index in [1.807, 2.05) is 0 Å². The van der Waals surface area contributed by atoms with Crippen molar-refractivity contribution in [2.45, 2.75) is 80.7 Å². The molecular weight excluding hydrogens is 798 g/mol. The molecule has 0 amide bonds. The number of fused-ring (bicyclic) bond motifs is 4. The quantitative estimate of drug-likeness (QED) is 0.112. The molecule has 0 unspecified atom stereocenters. The van der Waals surface area contributed by atoms with E-state index < -0.39 is 25.3 Å². The summed E-state index contributed by atoms with van der Waals surface area (Å²) in [7, 11) is -8.80. The van der Waals surface area contributed by atoms with Crippen molar-refractivity contribution in [3.8, 4) is 11.5 Å². The first-order valence-corrected chi connectivity index (χ1v) is 22.9. The largest absolute Gasteiger partial charge is 0.744 e. The molecule has 5 aliphatic heterocycles. The summed E-state index contributed by atoms with van der Waals surface area (Å²) in [6, 6.07) is 9.22. The Bertz CT molecular complexity index is 2630. The van der Waals surface area contributed by atoms with Crippen LogP contribution in [0.25, 0.3) is 5.57 Å². The number of unbranched alkanes of at least 4 members (excludes halogenated alkanes) is 2. The van der Waals surface area contributed by atoms with Crippen LogP contribution in [0.3, 0.4) is 0 Å². The lowest BCUT2D eigenvalue weighted by atomic mass is 9.82. The second-order valence-corrected chi connectivity index (χ2v) is 18.8. The average molecular weight is 839 g/mol. The monoisotopic (exact) mass is 837 g/mol. The first kappa shape index (κ1) is 37.7. The molecule has 0 spiro atoms. The van der Waals surface area contributed by atoms with Crippen molar-refractivity contribution < 1.29 is 26.1 Å². The Kier molecular flexibility index (Phi) is 9.98. The van der Waals surface area contributed by atoms with E-state index >= 15 is 0 Å². The third-order valence-corrected chi connectivity index (χ3v) is 13.9. The second kappa shape index (κ2) is 14.8. The van der Waals surface area contributed by atoms with Crippen molar-refractivity contribution in [1.29, 1.82) is 0 Å². The van der Waals surface area contributed by atoms with Gasteiger partial charge in [-0.15, -0.1) is 0 Å². The van der Waals surface area contributed by atoms with Gasteiger partial charge < -0.3 is 19.5 Å². The number of rotatable bonds is 11. The van der Waals surface area contributed by atoms with E-state index in [-0.39, 0.29) is 22.0 Å². The highest BCUT2D eigenvalue weighted by Crippen LogP contribution is 2.49. The highest BCUT2D eigenvalue weighted by Gasteiger charge is 2.36. The van der Waals surface area contributed by atoms with E-state index in [2.05, 4.69) is 46.6 Å². The van der Waals surface area contributed by atoms with Crippen molar-refractivity contribution in [3.05, 3.63) is 84.9 Å². The smallest absolute Gasteiger partial charge is 0.276 e. The topological polar surface area (TPSA) is 170 Å². The summed E-state index contributed by atoms with van der Waals surface area (Å²) < 4.78 is 74.7. The van der Waals surface area contributed by atoms with Crippen molar-refractivity contribution in [2.75, 3.05) is 49.5 Å². The number of aryl methyl sites for hydroxylation is 2. The molecule has 0 atom stereocenters. The van der Waals surface area contributed by atoms with E-state index in [9.17, 15) is 21.4 Å². The predicted octanol–water partition coefficient (Wildman–Crippen LogP) is 4.08. The number of ether oxygens (including phenoxy) is 1. The highest BCUT2D eigenvalue weighted by atomic mass is 35.5. The fourth-order valence-electron chi connectivity index (χ4n) is 9.20. The Balaban J connectivity index is 1.09. The standard InChI is InChI=1S/C39H41Cl2N7O6S2/c40-37-44-38(41)46-39(45-37)55(49,50)43-15-3-1-2-14-42-31-22-25(56(51,52)53)12-13-26(31)32-29-20-23-8-4-16-47-18-6-10-27(33(23)47)35(29)54-36-28-11-7-19-48-17-5-9-24(34(28)48)21-30(32)36/h12-13,20-22,43H,1-11,14-19H2,(H,51,52,53). The summed E-state index contributed by atoms with van der Waals surface area (Å²) in [5.41, 5.74) is 9.75. The zero-order valence-electron chi connectivity index (χ0n) is 30.7. The summed E-state index contributed by atoms with van der Waals surface area (Å²) in [5, 5.41) is 4.59. The number of halogens is 2. The zero-order chi connectivity index (χ0) is 38.8. The first-order chi connectivity index (χ1) is 27.0. The molecule has 1 aromatic heterocycles. The van der Waals surface area contributed by atoms with Crippen LogP contribution < -0.4 is 34.8 Å². The minimum absolute atomic E-state index is 0.123. The molecule has 6 heterocycles. The second-order valence-electron chi connectivity index (χ2n) is 15.0. The molecule has 0 bridgehead atoms. The Morgan fingerprint density at radius 1 is 0.786 bits per heavy atom. The number of nitrogens with one attached hydrogen (secondary N) is 2. The van der Waals surface area contributed by atoms with Gasteiger partial charge in [0.25, 0.3) is 15.2 Å². The van der Waals surface area contributed by atoms with Crippen molar-refractivity contribution in [1.82, 2.24) is 24.2 Å². The van der Waals surface area contributed by atoms with Crippen LogP contribution in [0.2, 0.25) is 10.6 Å². The van der Waals surface area contributed by atoms with Crippen LogP contribution in [-0.2, 0) is 45.8 Å². The molecule has 4 aromatic rings. The Labute approximate surface area is 335 Å². The molecule has 3 aromatic carbocycles. The molecule has 5 aliphatic rings. The minimum atomic E-state index is -4.75. The maximum atomic E-state index is 12.7. The number of benzene rings is 3. The molecule has 0 fully saturated rings. The lowest BCUT2D eigenvalue weighted by Crippen LogP contribution is -2.45. The number of anilines is 2. The third-order valence-electron chi connectivity index (χ3n) is 11.5. The summed E-state index contributed by atoms with van der Waals surface area (Å²) in [5.74, 6) is 1.77. The van der Waals surface area contributed by atoms with E-state index in [4.69, 9.17) is 27.9 Å². The highest BCUT2D eigenvalue weighted by molar-refractivity contribution is 7.89. The van der Waals surface area contributed by atoms with Crippen LogP contribution in [0.4, 0.5) is 11.4 Å². The molecule has 13 nitrogen and oxygen atoms in total. The molecule has 294 valence electrons. The van der Waals surface area contributed by atoms with E-state index in [1.165, 1.54) is 45.4 Å². The van der Waals surface area contributed by atoms with Gasteiger partial charge in [0, 0.05) is 83.4 Å². The van der Waals surface area contributed by atoms with Gasteiger partial charge in [-0.3, -0.25) is 0 Å². The lowest BCUT2D eigenvalue weighted by Gasteiger charge is -2.39. The van der Waals surface area contributed by atoms with E-state index in [0.29, 0.717) is 31.5 Å². The lowest BCUT2D eigenvalue weighted by molar-refractivity contribution is 0.431. The van der Waals surface area contributed by atoms with Crippen LogP contribution in [0, 0.1) is 0 Å². The Morgan fingerprint density at radius 2 is 1.50 bits per heavy atom. The normalized spacial score (nSPS) is 17.1. The molecule has 2 N–H and O–H groups in total. The molecule has 0 saturated heterocycles. The average Bonchev–Trinajstić information content (AvgIpc) is 3.17. The van der Waals surface area contributed by atoms with Gasteiger partial charge in [0.05, 0.1) is 10.5 Å². The van der Waals surface area contributed by atoms with E-state index in [0.717, 1.165) is 111 Å². The maximum Gasteiger partial charge on any atom is 0.276 e. The number of nitrogens with zero attached hydrogens (tertiary/aromatic N) is 5. The fourth-order valence-corrected chi connectivity index (χ4v) is 11.1. The molecule has 17 heteroatoms. The number of sulfonamides is 1. The molecule has 56 heavy (non-hydrogen) atoms. The van der Waals surface area contributed by atoms with Gasteiger partial charge >= 0.3 is 0 Å². The summed E-state index contributed by atoms with van der Waals surface area (Å²) >= 11 is 11.5. The summed E-state index contributed by atoms with van der Waals surface area (Å²) in [6.45, 7) is 4.71. The third kappa shape index (κ3) is 6.93. The van der Waals surface area contributed by atoms with Gasteiger partial charge in [-0.05, 0) is 104 Å². The number of hydrogen-bond acceptors (Lipinski definition) is 11. The summed E-state index contributed by atoms with van der Waals surface area (Å²) in [4.78, 5) is 13.1. The molecule has 0 radical (unpaired) electrons. The van der Waals surface area contributed by atoms with Gasteiger partial charge in [-0.1, -0.05) is 12.5 Å². The van der Waals surface area contributed by atoms with Crippen LogP contribution >= 0.6 is 23.2 Å². The number of hydrogen-bond donors (Lipinski definition) is 2. The van der Waals surface area contributed by atoms with Gasteiger partial charge in [-0.2, -0.15) is 15.0 Å². The van der Waals surface area contributed by atoms with Gasteiger partial charge in [0.1, 0.15) is 34.7 Å². The van der Waals surface area contributed by atoms with Crippen LogP contribution in [-0.4, -0.2) is 75.6 Å². The maximum absolute atomic E-state index is 12.7. The number of aromatic nitrogens is 3. The van der Waals surface area contributed by atoms with Gasteiger partial charge in [0.2, 0.25) is 15.9 Å². The molecular formula is C39H41Cl2N7O6S2. The zero-order valence-corrected chi connectivity index (χ0v) is 33.8. The molecule has 0 aliphatic carbocycles. The van der Waals surface area contributed by atoms with E-state index in [1.54, 1.807) is 6.07 Å². The molecule has 9 rings (SSSR count). The van der Waals surface area contributed by atoms with Crippen molar-refractivity contribution in [2.24, 2.45) is 0 Å². The Morgan fingerprint density at radius 3 is 2.29 bits per heavy atom. The van der Waals surface area contributed by atoms with Crippen LogP contribution in [0.5, 0.6) is 11.5 Å². The van der Waals surface area contributed by atoms with Crippen LogP contribution in [0.1, 0.15) is 78.3 Å². The first-order valence-electron chi connectivity index (χ1n) is 19.3. The van der Waals surface area contributed by atoms with Gasteiger partial charge in [0.15, 0.2) is 0 Å². The Hall–Kier alpha value is -3.86. The summed E-state index contributed by atoms with van der Waals surface area (Å²) in [6.07, 6.45) is 9.80. The van der Waals surface area contributed by atoms with Crippen molar-refractivity contribution >= 4 is 60.3 Å². The predicted molar refractivity (Wildman–Crippen MR) is 212 cm³/mol. The van der Waals surface area contributed by atoms with Gasteiger partial charge in [-0.25, -0.2) is 26.1 Å². The van der Waals surface area contributed by atoms with Crippen molar-refractivity contribution in [3.63, 3.8) is 0 Å². The molecule has 0 saturated carbocycles. The minimum Gasteiger partial charge on any atom is -0.744 e. The SMILES string of the molecule is O=S(=O)([O-])c1ccc(C2=c3cc4c5c(c3Oc3c2cc2c6c3CCCN6CCC2)CCC[N+]=5CCC4)c(NCCCCCNS(=O)(=O)c2nc(Cl)nc(Cl)n2)c1.